The van der Waals surface area contributed by atoms with Gasteiger partial charge in [0, 0.05) is 11.2 Å². The molecule has 2 aromatic rings. The Kier molecular flexibility index (Phi) is 0.851. The van der Waals surface area contributed by atoms with Gasteiger partial charge in [0.2, 0.25) is 0 Å². The van der Waals surface area contributed by atoms with Gasteiger partial charge in [-0.2, -0.15) is 5.26 Å². The minimum Gasteiger partial charge on any atom is -0.358 e. The molecule has 12 heavy (non-hydrogen) atoms. The van der Waals surface area contributed by atoms with Crippen LogP contribution >= 0.6 is 0 Å². The largest absolute Gasteiger partial charge is 0.358 e. The lowest BCUT2D eigenvalue weighted by Crippen LogP contribution is -1.77. The molecule has 0 radical (unpaired) electrons. The first-order valence-electron chi connectivity index (χ1n) is 5.51. The number of aromatic nitrogens is 1. The van der Waals surface area contributed by atoms with E-state index >= 15 is 0 Å². The molecule has 1 heterocycles. The van der Waals surface area contributed by atoms with Crippen LogP contribution in [0.3, 0.4) is 0 Å². The van der Waals surface area contributed by atoms with E-state index < -0.39 is 0 Å². The quantitative estimate of drug-likeness (QED) is 0.682. The summed E-state index contributed by atoms with van der Waals surface area (Å²) in [7, 11) is 0. The van der Waals surface area contributed by atoms with Gasteiger partial charge < -0.3 is 4.98 Å². The summed E-state index contributed by atoms with van der Waals surface area (Å²) in [6.45, 7) is 0. The lowest BCUT2D eigenvalue weighted by atomic mass is 10.2. The Morgan fingerprint density at radius 1 is 1.50 bits per heavy atom. The van der Waals surface area contributed by atoms with Gasteiger partial charge in [-0.05, 0) is 17.5 Å². The third kappa shape index (κ3) is 1.06. The molecule has 2 nitrogen and oxygen atoms in total. The maximum Gasteiger partial charge on any atom is 0.0752 e. The molecule has 0 aliphatic carbocycles. The molecule has 58 valence electrons. The second-order valence-electron chi connectivity index (χ2n) is 2.42. The standard InChI is InChI=1S/C10H8N2/c11-6-5-9-7-8-3-1-2-4-10(8)12-9/h1-4,7,12H,5H2/i1D,2D,3D,4D. The first-order valence-corrected chi connectivity index (χ1v) is 3.51. The number of H-pyrrole nitrogens is 1. The van der Waals surface area contributed by atoms with Crippen molar-refractivity contribution in [3.05, 3.63) is 35.9 Å². The van der Waals surface area contributed by atoms with Gasteiger partial charge in [-0.3, -0.25) is 0 Å². The predicted molar refractivity (Wildman–Crippen MR) is 47.6 cm³/mol. The summed E-state index contributed by atoms with van der Waals surface area (Å²) in [5.41, 5.74) is 0.959. The van der Waals surface area contributed by atoms with E-state index in [-0.39, 0.29) is 30.6 Å². The average molecular weight is 160 g/mol. The van der Waals surface area contributed by atoms with Crippen molar-refractivity contribution in [2.45, 2.75) is 6.42 Å². The lowest BCUT2D eigenvalue weighted by Gasteiger charge is -1.84. The molecule has 0 bridgehead atoms. The van der Waals surface area contributed by atoms with Gasteiger partial charge in [0.15, 0.2) is 0 Å². The minimum absolute atomic E-state index is 0.0727. The van der Waals surface area contributed by atoms with Crippen molar-refractivity contribution in [1.82, 2.24) is 4.98 Å². The average Bonchev–Trinajstić information content (AvgIpc) is 2.68. The molecule has 0 unspecified atom stereocenters. The molecule has 0 aliphatic heterocycles. The fraction of sp³-hybridized carbons (Fsp3) is 0.100. The van der Waals surface area contributed by atoms with Gasteiger partial charge >= 0.3 is 0 Å². The van der Waals surface area contributed by atoms with Crippen molar-refractivity contribution in [1.29, 1.82) is 5.26 Å². The summed E-state index contributed by atoms with van der Waals surface area (Å²) in [5, 5.41) is 8.98. The summed E-state index contributed by atoms with van der Waals surface area (Å²) in [6, 6.07) is 2.88. The molecule has 1 aromatic heterocycles. The normalized spacial score (nSPS) is 14.6. The van der Waals surface area contributed by atoms with Crippen LogP contribution in [-0.4, -0.2) is 4.98 Å². The third-order valence-electron chi connectivity index (χ3n) is 1.59. The van der Waals surface area contributed by atoms with Crippen molar-refractivity contribution in [2.24, 2.45) is 0 Å². The Morgan fingerprint density at radius 2 is 2.33 bits per heavy atom. The van der Waals surface area contributed by atoms with Crippen LogP contribution in [-0.2, 0) is 6.42 Å². The van der Waals surface area contributed by atoms with E-state index in [2.05, 4.69) is 4.98 Å². The van der Waals surface area contributed by atoms with Gasteiger partial charge in [-0.1, -0.05) is 18.1 Å². The Labute approximate surface area is 76.1 Å². The predicted octanol–water partition coefficient (Wildman–Crippen LogP) is 2.23. The number of rotatable bonds is 1. The third-order valence-corrected chi connectivity index (χ3v) is 1.59. The topological polar surface area (TPSA) is 39.6 Å². The minimum atomic E-state index is -0.261. The number of nitriles is 1. The highest BCUT2D eigenvalue weighted by molar-refractivity contribution is 5.80. The Morgan fingerprint density at radius 3 is 3.17 bits per heavy atom. The van der Waals surface area contributed by atoms with Crippen LogP contribution in [0, 0.1) is 11.3 Å². The number of benzene rings is 1. The zero-order valence-corrected chi connectivity index (χ0v) is 6.23. The van der Waals surface area contributed by atoms with Gasteiger partial charge in [0.25, 0.3) is 0 Å². The molecule has 0 spiro atoms. The highest BCUT2D eigenvalue weighted by Gasteiger charge is 1.97. The maximum atomic E-state index is 8.55. The van der Waals surface area contributed by atoms with E-state index in [9.17, 15) is 0 Å². The number of fused-ring (bicyclic) bond motifs is 1. The first-order chi connectivity index (χ1) is 7.56. The molecule has 1 N–H and O–H groups in total. The number of aromatic amines is 1. The van der Waals surface area contributed by atoms with Gasteiger partial charge in [-0.25, -0.2) is 0 Å². The molecular weight excluding hydrogens is 148 g/mol. The molecule has 0 saturated heterocycles. The van der Waals surface area contributed by atoms with E-state index in [0.29, 0.717) is 16.6 Å². The van der Waals surface area contributed by atoms with Crippen LogP contribution in [0.5, 0.6) is 0 Å². The fourth-order valence-corrected chi connectivity index (χ4v) is 1.08. The van der Waals surface area contributed by atoms with Crippen LogP contribution < -0.4 is 0 Å². The smallest absolute Gasteiger partial charge is 0.0752 e. The van der Waals surface area contributed by atoms with E-state index in [1.54, 1.807) is 6.07 Å². The van der Waals surface area contributed by atoms with Crippen LogP contribution in [0.1, 0.15) is 11.2 Å². The molecule has 2 rings (SSSR count). The Hall–Kier alpha value is -1.75. The van der Waals surface area contributed by atoms with E-state index in [4.69, 9.17) is 10.7 Å². The van der Waals surface area contributed by atoms with Crippen molar-refractivity contribution in [3.63, 3.8) is 0 Å². The first kappa shape index (κ1) is 3.77. The highest BCUT2D eigenvalue weighted by atomic mass is 14.7. The van der Waals surface area contributed by atoms with Crippen LogP contribution in [0.15, 0.2) is 30.2 Å². The Balaban J connectivity index is 2.82. The molecule has 0 fully saturated rings. The number of para-hydroxylation sites is 1. The fourth-order valence-electron chi connectivity index (χ4n) is 1.08. The second kappa shape index (κ2) is 2.71. The monoisotopic (exact) mass is 160 g/mol. The molecule has 0 atom stereocenters. The summed E-state index contributed by atoms with van der Waals surface area (Å²) >= 11 is 0. The van der Waals surface area contributed by atoms with E-state index in [0.717, 1.165) is 0 Å². The molecule has 0 saturated carbocycles. The van der Waals surface area contributed by atoms with Crippen LogP contribution in [0.2, 0.25) is 0 Å². The van der Waals surface area contributed by atoms with Crippen LogP contribution in [0.25, 0.3) is 10.9 Å². The highest BCUT2D eigenvalue weighted by Crippen LogP contribution is 2.14. The molecule has 1 aromatic carbocycles. The van der Waals surface area contributed by atoms with Crippen LogP contribution in [0.4, 0.5) is 0 Å². The number of nitrogens with one attached hydrogen (secondary N) is 1. The molecule has 0 amide bonds. The number of hydrogen-bond acceptors (Lipinski definition) is 1. The lowest BCUT2D eigenvalue weighted by molar-refractivity contribution is 1.17. The SMILES string of the molecule is [2H]c1c([2H])c([2H])c2[nH]c(CC#N)cc2c1[2H]. The van der Waals surface area contributed by atoms with Gasteiger partial charge in [-0.15, -0.1) is 0 Å². The summed E-state index contributed by atoms with van der Waals surface area (Å²) in [4.78, 5) is 2.84. The molecule has 2 heteroatoms. The van der Waals surface area contributed by atoms with Crippen molar-refractivity contribution < 1.29 is 5.48 Å². The molecular formula is C10H8N2. The van der Waals surface area contributed by atoms with Gasteiger partial charge in [0.05, 0.1) is 18.0 Å². The number of hydrogen-bond donors (Lipinski definition) is 1. The Bertz CT molecular complexity index is 565. The summed E-state index contributed by atoms with van der Waals surface area (Å²) < 4.78 is 30.3. The zero-order chi connectivity index (χ0) is 11.9. The maximum absolute atomic E-state index is 8.55. The summed E-state index contributed by atoms with van der Waals surface area (Å²) in [5.74, 6) is 0. The number of nitrogens with zero attached hydrogens (tertiary/aromatic N) is 1. The van der Waals surface area contributed by atoms with Crippen molar-refractivity contribution in [2.75, 3.05) is 0 Å². The summed E-state index contributed by atoms with van der Waals surface area (Å²) in [6.07, 6.45) is 0.161. The zero-order valence-electron chi connectivity index (χ0n) is 10.2. The van der Waals surface area contributed by atoms with E-state index in [1.807, 2.05) is 6.07 Å². The van der Waals surface area contributed by atoms with Crippen molar-refractivity contribution >= 4 is 10.9 Å². The van der Waals surface area contributed by atoms with Crippen molar-refractivity contribution in [3.8, 4) is 6.07 Å². The molecule has 0 aliphatic rings. The van der Waals surface area contributed by atoms with E-state index in [1.165, 1.54) is 0 Å². The van der Waals surface area contributed by atoms with Gasteiger partial charge in [0.1, 0.15) is 0 Å². The second-order valence-corrected chi connectivity index (χ2v) is 2.42.